The Morgan fingerprint density at radius 3 is 3.38 bits per heavy atom. The molecule has 0 aliphatic carbocycles. The Hall–Kier alpha value is -0.450. The van der Waals surface area contributed by atoms with E-state index < -0.39 is 0 Å². The van der Waals surface area contributed by atoms with Gasteiger partial charge in [-0.3, -0.25) is 0 Å². The maximum Gasteiger partial charge on any atom is 0.0972 e. The molecule has 1 aromatic heterocycles. The van der Waals surface area contributed by atoms with E-state index in [-0.39, 0.29) is 0 Å². The number of thiazole rings is 1. The van der Waals surface area contributed by atoms with Crippen molar-refractivity contribution in [2.45, 2.75) is 18.9 Å². The number of nitrogens with zero attached hydrogens (tertiary/aromatic N) is 1. The van der Waals surface area contributed by atoms with E-state index in [2.05, 4.69) is 15.6 Å². The van der Waals surface area contributed by atoms with E-state index in [1.165, 1.54) is 16.3 Å². The summed E-state index contributed by atoms with van der Waals surface area (Å²) in [5.74, 6) is 0.663. The standard InChI is InChI=1S/C9H15N3S/c1-10-5-8-6-12-9(13-8)7-2-3-11-4-7/h6-7,10-11H,2-5H2,1H3. The van der Waals surface area contributed by atoms with Crippen molar-refractivity contribution in [2.75, 3.05) is 20.1 Å². The molecule has 1 aliphatic heterocycles. The molecule has 0 spiro atoms. The Kier molecular flexibility index (Phi) is 2.93. The van der Waals surface area contributed by atoms with Crippen LogP contribution >= 0.6 is 11.3 Å². The van der Waals surface area contributed by atoms with Crippen LogP contribution in [0.2, 0.25) is 0 Å². The number of rotatable bonds is 3. The molecule has 2 N–H and O–H groups in total. The molecule has 1 unspecified atom stereocenters. The largest absolute Gasteiger partial charge is 0.316 e. The quantitative estimate of drug-likeness (QED) is 0.757. The zero-order chi connectivity index (χ0) is 9.10. The van der Waals surface area contributed by atoms with Crippen LogP contribution in [-0.2, 0) is 6.54 Å². The molecule has 3 nitrogen and oxygen atoms in total. The first kappa shape index (κ1) is 9.12. The maximum atomic E-state index is 4.46. The highest BCUT2D eigenvalue weighted by Crippen LogP contribution is 2.26. The predicted molar refractivity (Wildman–Crippen MR) is 55.1 cm³/mol. The Bertz CT molecular complexity index is 266. The summed E-state index contributed by atoms with van der Waals surface area (Å²) in [6.07, 6.45) is 3.24. The molecule has 4 heteroatoms. The average Bonchev–Trinajstić information content (AvgIpc) is 2.70. The van der Waals surface area contributed by atoms with Gasteiger partial charge in [0.05, 0.1) is 5.01 Å². The number of hydrogen-bond acceptors (Lipinski definition) is 4. The van der Waals surface area contributed by atoms with E-state index in [1.807, 2.05) is 24.6 Å². The van der Waals surface area contributed by atoms with Crippen molar-refractivity contribution in [2.24, 2.45) is 0 Å². The monoisotopic (exact) mass is 197 g/mol. The van der Waals surface area contributed by atoms with Crippen molar-refractivity contribution in [3.05, 3.63) is 16.1 Å². The minimum atomic E-state index is 0.663. The molecule has 0 bridgehead atoms. The second-order valence-corrected chi connectivity index (χ2v) is 4.53. The molecule has 0 amide bonds. The van der Waals surface area contributed by atoms with Gasteiger partial charge < -0.3 is 10.6 Å². The number of nitrogens with one attached hydrogen (secondary N) is 2. The fraction of sp³-hybridized carbons (Fsp3) is 0.667. The summed E-state index contributed by atoms with van der Waals surface area (Å²) < 4.78 is 0. The molecule has 1 saturated heterocycles. The van der Waals surface area contributed by atoms with Crippen LogP contribution in [0.4, 0.5) is 0 Å². The zero-order valence-electron chi connectivity index (χ0n) is 7.84. The summed E-state index contributed by atoms with van der Waals surface area (Å²) in [6, 6.07) is 0. The van der Waals surface area contributed by atoms with E-state index in [0.29, 0.717) is 5.92 Å². The first-order chi connectivity index (χ1) is 6.40. The minimum Gasteiger partial charge on any atom is -0.316 e. The van der Waals surface area contributed by atoms with E-state index >= 15 is 0 Å². The summed E-state index contributed by atoms with van der Waals surface area (Å²) >= 11 is 1.84. The lowest BCUT2D eigenvalue weighted by Gasteiger charge is -2.01. The van der Waals surface area contributed by atoms with Gasteiger partial charge in [-0.1, -0.05) is 0 Å². The highest BCUT2D eigenvalue weighted by atomic mass is 32.1. The van der Waals surface area contributed by atoms with Gasteiger partial charge in [-0.15, -0.1) is 11.3 Å². The van der Waals surface area contributed by atoms with Gasteiger partial charge in [0.2, 0.25) is 0 Å². The van der Waals surface area contributed by atoms with Crippen molar-refractivity contribution < 1.29 is 0 Å². The van der Waals surface area contributed by atoms with Gasteiger partial charge >= 0.3 is 0 Å². The van der Waals surface area contributed by atoms with Gasteiger partial charge in [-0.05, 0) is 20.0 Å². The summed E-state index contributed by atoms with van der Waals surface area (Å²) in [5.41, 5.74) is 0. The topological polar surface area (TPSA) is 37.0 Å². The highest BCUT2D eigenvalue weighted by Gasteiger charge is 2.19. The predicted octanol–water partition coefficient (Wildman–Crippen LogP) is 0.939. The van der Waals surface area contributed by atoms with E-state index in [9.17, 15) is 0 Å². The van der Waals surface area contributed by atoms with Crippen LogP contribution in [0, 0.1) is 0 Å². The second kappa shape index (κ2) is 4.17. The normalized spacial score (nSPS) is 22.4. The third kappa shape index (κ3) is 2.07. The Morgan fingerprint density at radius 1 is 1.77 bits per heavy atom. The van der Waals surface area contributed by atoms with E-state index in [1.54, 1.807) is 0 Å². The molecule has 72 valence electrons. The van der Waals surface area contributed by atoms with Crippen molar-refractivity contribution in [3.63, 3.8) is 0 Å². The molecule has 0 radical (unpaired) electrons. The smallest absolute Gasteiger partial charge is 0.0972 e. The number of hydrogen-bond donors (Lipinski definition) is 2. The highest BCUT2D eigenvalue weighted by molar-refractivity contribution is 7.11. The molecule has 1 aliphatic rings. The maximum absolute atomic E-state index is 4.46. The molecule has 1 aromatic rings. The lowest BCUT2D eigenvalue weighted by atomic mass is 10.1. The van der Waals surface area contributed by atoms with Crippen LogP contribution in [0.5, 0.6) is 0 Å². The SMILES string of the molecule is CNCc1cnc(C2CCNC2)s1. The zero-order valence-corrected chi connectivity index (χ0v) is 8.66. The molecule has 1 fully saturated rings. The lowest BCUT2D eigenvalue weighted by molar-refractivity contribution is 0.755. The second-order valence-electron chi connectivity index (χ2n) is 3.38. The average molecular weight is 197 g/mol. The van der Waals surface area contributed by atoms with Gasteiger partial charge in [-0.2, -0.15) is 0 Å². The van der Waals surface area contributed by atoms with Crippen LogP contribution in [0.3, 0.4) is 0 Å². The molecule has 0 aromatic carbocycles. The molecule has 2 rings (SSSR count). The van der Waals surface area contributed by atoms with Crippen LogP contribution in [0.15, 0.2) is 6.20 Å². The molecular weight excluding hydrogens is 182 g/mol. The van der Waals surface area contributed by atoms with Crippen molar-refractivity contribution in [1.82, 2.24) is 15.6 Å². The third-order valence-corrected chi connectivity index (χ3v) is 3.49. The van der Waals surface area contributed by atoms with Crippen molar-refractivity contribution >= 4 is 11.3 Å². The van der Waals surface area contributed by atoms with E-state index in [0.717, 1.165) is 19.6 Å². The molecule has 1 atom stereocenters. The Balaban J connectivity index is 2.03. The molecular formula is C9H15N3S. The summed E-state index contributed by atoms with van der Waals surface area (Å²) in [5, 5.41) is 7.81. The van der Waals surface area contributed by atoms with E-state index in [4.69, 9.17) is 0 Å². The first-order valence-electron chi connectivity index (χ1n) is 4.70. The summed E-state index contributed by atoms with van der Waals surface area (Å²) in [6.45, 7) is 3.19. The molecule has 13 heavy (non-hydrogen) atoms. The van der Waals surface area contributed by atoms with Crippen molar-refractivity contribution in [3.8, 4) is 0 Å². The van der Waals surface area contributed by atoms with Gasteiger partial charge in [0, 0.05) is 30.1 Å². The summed E-state index contributed by atoms with van der Waals surface area (Å²) in [7, 11) is 1.97. The summed E-state index contributed by atoms with van der Waals surface area (Å²) in [4.78, 5) is 5.79. The van der Waals surface area contributed by atoms with Gasteiger partial charge in [0.15, 0.2) is 0 Å². The van der Waals surface area contributed by atoms with Gasteiger partial charge in [0.25, 0.3) is 0 Å². The van der Waals surface area contributed by atoms with Gasteiger partial charge in [0.1, 0.15) is 0 Å². The Labute approximate surface area is 82.6 Å². The van der Waals surface area contributed by atoms with Gasteiger partial charge in [-0.25, -0.2) is 4.98 Å². The van der Waals surface area contributed by atoms with Crippen LogP contribution in [0.25, 0.3) is 0 Å². The van der Waals surface area contributed by atoms with Crippen LogP contribution < -0.4 is 10.6 Å². The fourth-order valence-electron chi connectivity index (χ4n) is 1.63. The lowest BCUT2D eigenvalue weighted by Crippen LogP contribution is -2.07. The third-order valence-electron chi connectivity index (χ3n) is 2.33. The number of aromatic nitrogens is 1. The molecule has 2 heterocycles. The first-order valence-corrected chi connectivity index (χ1v) is 5.51. The molecule has 0 saturated carbocycles. The van der Waals surface area contributed by atoms with Crippen molar-refractivity contribution in [1.29, 1.82) is 0 Å². The minimum absolute atomic E-state index is 0.663. The fourth-order valence-corrected chi connectivity index (χ4v) is 2.70. The Morgan fingerprint density at radius 2 is 2.69 bits per heavy atom. The van der Waals surface area contributed by atoms with Crippen LogP contribution in [0.1, 0.15) is 22.2 Å². The van der Waals surface area contributed by atoms with Crippen LogP contribution in [-0.4, -0.2) is 25.1 Å².